The number of imidazole rings is 1. The maximum Gasteiger partial charge on any atom is 0.163 e. The molecule has 188 valence electrons. The summed E-state index contributed by atoms with van der Waals surface area (Å²) in [5.41, 5.74) is 5.92. The Balaban J connectivity index is 1.70. The van der Waals surface area contributed by atoms with Crippen LogP contribution in [-0.2, 0) is 6.61 Å². The summed E-state index contributed by atoms with van der Waals surface area (Å²) in [7, 11) is 1.48. The minimum Gasteiger partial charge on any atom is -0.504 e. The lowest BCUT2D eigenvalue weighted by molar-refractivity contribution is 0.272. The zero-order chi connectivity index (χ0) is 25.5. The van der Waals surface area contributed by atoms with E-state index in [0.717, 1.165) is 41.3 Å². The second-order valence-electron chi connectivity index (χ2n) is 8.95. The van der Waals surface area contributed by atoms with Crippen LogP contribution in [0.3, 0.4) is 0 Å². The van der Waals surface area contributed by atoms with Crippen LogP contribution in [0.15, 0.2) is 60.7 Å². The fourth-order valence-corrected chi connectivity index (χ4v) is 4.15. The number of methoxy groups -OCH3 is 1. The first-order chi connectivity index (χ1) is 17.5. The topological polar surface area (TPSA) is 87.6 Å². The van der Waals surface area contributed by atoms with Crippen molar-refractivity contribution < 1.29 is 19.7 Å². The van der Waals surface area contributed by atoms with E-state index in [0.29, 0.717) is 17.0 Å². The predicted molar refractivity (Wildman–Crippen MR) is 143 cm³/mol. The van der Waals surface area contributed by atoms with E-state index < -0.39 is 0 Å². The average molecular weight is 487 g/mol. The number of rotatable bonds is 11. The number of nitrogens with one attached hydrogen (secondary N) is 1. The second kappa shape index (κ2) is 11.8. The molecule has 0 atom stereocenters. The second-order valence-corrected chi connectivity index (χ2v) is 8.95. The van der Waals surface area contributed by atoms with Gasteiger partial charge in [0.25, 0.3) is 0 Å². The Morgan fingerprint density at radius 3 is 2.28 bits per heavy atom. The number of aryl methyl sites for hydroxylation is 1. The van der Waals surface area contributed by atoms with E-state index in [2.05, 4.69) is 43.1 Å². The lowest BCUT2D eigenvalue weighted by Crippen LogP contribution is -1.97. The molecule has 4 aromatic rings. The summed E-state index contributed by atoms with van der Waals surface area (Å²) < 4.78 is 11.2. The molecular weight excluding hydrogens is 452 g/mol. The number of phenols is 1. The molecule has 0 aliphatic carbocycles. The van der Waals surface area contributed by atoms with Gasteiger partial charge in [-0.2, -0.15) is 0 Å². The first kappa shape index (κ1) is 25.3. The summed E-state index contributed by atoms with van der Waals surface area (Å²) in [6.45, 7) is 4.67. The minimum atomic E-state index is -0.311. The number of aliphatic hydroxyl groups is 1. The van der Waals surface area contributed by atoms with Crippen LogP contribution in [0.25, 0.3) is 33.9 Å². The smallest absolute Gasteiger partial charge is 0.163 e. The van der Waals surface area contributed by atoms with Crippen LogP contribution >= 0.6 is 0 Å². The molecule has 0 amide bonds. The van der Waals surface area contributed by atoms with Gasteiger partial charge in [-0.3, -0.25) is 0 Å². The number of aromatic hydroxyl groups is 1. The van der Waals surface area contributed by atoms with Gasteiger partial charge in [-0.15, -0.1) is 0 Å². The zero-order valence-electron chi connectivity index (χ0n) is 21.2. The third-order valence-electron chi connectivity index (χ3n) is 6.26. The number of aromatic nitrogens is 2. The van der Waals surface area contributed by atoms with Crippen molar-refractivity contribution in [3.8, 4) is 51.2 Å². The predicted octanol–water partition coefficient (Wildman–Crippen LogP) is 6.88. The molecule has 1 heterocycles. The molecule has 3 aromatic carbocycles. The van der Waals surface area contributed by atoms with Crippen molar-refractivity contribution in [2.24, 2.45) is 0 Å². The van der Waals surface area contributed by atoms with Crippen LogP contribution < -0.4 is 9.47 Å². The van der Waals surface area contributed by atoms with E-state index in [4.69, 9.17) is 14.5 Å². The summed E-state index contributed by atoms with van der Waals surface area (Å²) in [5.74, 6) is 1.68. The first-order valence-electron chi connectivity index (χ1n) is 12.5. The Kier molecular flexibility index (Phi) is 8.28. The van der Waals surface area contributed by atoms with Gasteiger partial charge in [-0.05, 0) is 49.7 Å². The summed E-state index contributed by atoms with van der Waals surface area (Å²) in [6, 6.07) is 19.7. The van der Waals surface area contributed by atoms with Crippen molar-refractivity contribution in [1.82, 2.24) is 9.97 Å². The number of hydrogen-bond acceptors (Lipinski definition) is 5. The molecule has 6 heteroatoms. The van der Waals surface area contributed by atoms with E-state index in [1.165, 1.54) is 31.9 Å². The normalized spacial score (nSPS) is 11.0. The van der Waals surface area contributed by atoms with Crippen LogP contribution in [-0.4, -0.2) is 33.9 Å². The molecular formula is C30H34N2O4. The number of ether oxygens (including phenoxy) is 2. The van der Waals surface area contributed by atoms with E-state index in [1.807, 2.05) is 24.3 Å². The van der Waals surface area contributed by atoms with Crippen LogP contribution in [0.1, 0.15) is 43.7 Å². The molecule has 0 spiro atoms. The van der Waals surface area contributed by atoms with Crippen molar-refractivity contribution in [2.45, 2.75) is 46.1 Å². The van der Waals surface area contributed by atoms with Crippen LogP contribution in [0, 0.1) is 6.92 Å². The number of H-pyrrole nitrogens is 1. The monoisotopic (exact) mass is 486 g/mol. The van der Waals surface area contributed by atoms with Crippen molar-refractivity contribution in [1.29, 1.82) is 0 Å². The lowest BCUT2D eigenvalue weighted by atomic mass is 10.0. The summed E-state index contributed by atoms with van der Waals surface area (Å²) >= 11 is 0. The molecule has 0 unspecified atom stereocenters. The Labute approximate surface area is 212 Å². The highest BCUT2D eigenvalue weighted by atomic mass is 16.5. The van der Waals surface area contributed by atoms with Crippen LogP contribution in [0.2, 0.25) is 0 Å². The van der Waals surface area contributed by atoms with Crippen LogP contribution in [0.4, 0.5) is 0 Å². The van der Waals surface area contributed by atoms with Gasteiger partial charge < -0.3 is 24.7 Å². The molecule has 0 aliphatic heterocycles. The highest BCUT2D eigenvalue weighted by Crippen LogP contribution is 2.38. The Morgan fingerprint density at radius 2 is 1.61 bits per heavy atom. The number of unbranched alkanes of at least 4 members (excludes halogenated alkanes) is 3. The number of nitrogens with zero attached hydrogens (tertiary/aromatic N) is 1. The van der Waals surface area contributed by atoms with Gasteiger partial charge in [-0.25, -0.2) is 4.98 Å². The van der Waals surface area contributed by atoms with E-state index in [9.17, 15) is 10.2 Å². The van der Waals surface area contributed by atoms with Gasteiger partial charge in [0.1, 0.15) is 11.6 Å². The first-order valence-corrected chi connectivity index (χ1v) is 12.5. The highest BCUT2D eigenvalue weighted by molar-refractivity contribution is 5.82. The molecule has 6 nitrogen and oxygen atoms in total. The summed E-state index contributed by atoms with van der Waals surface area (Å²) in [4.78, 5) is 8.40. The number of hydrogen-bond donors (Lipinski definition) is 3. The maximum atomic E-state index is 10.3. The Bertz CT molecular complexity index is 1250. The van der Waals surface area contributed by atoms with E-state index in [1.54, 1.807) is 12.1 Å². The van der Waals surface area contributed by atoms with E-state index in [-0.39, 0.29) is 18.1 Å². The Hall–Kier alpha value is -3.77. The van der Waals surface area contributed by atoms with Gasteiger partial charge >= 0.3 is 0 Å². The maximum absolute atomic E-state index is 10.3. The third-order valence-corrected chi connectivity index (χ3v) is 6.26. The SMILES string of the molecule is CCCCCCOc1ccc(-c2[nH]c(-c3cc(CO)c(O)c(OC)c3)nc2-c2ccc(C)cc2)cc1. The molecule has 0 aliphatic rings. The fraction of sp³-hybridized carbons (Fsp3) is 0.300. The molecule has 0 saturated carbocycles. The van der Waals surface area contributed by atoms with Gasteiger partial charge in [0.15, 0.2) is 11.5 Å². The molecule has 0 radical (unpaired) electrons. The van der Waals surface area contributed by atoms with Gasteiger partial charge in [0.05, 0.1) is 31.7 Å². The molecule has 1 aromatic heterocycles. The molecule has 0 fully saturated rings. The van der Waals surface area contributed by atoms with E-state index >= 15 is 0 Å². The largest absolute Gasteiger partial charge is 0.504 e. The summed E-state index contributed by atoms with van der Waals surface area (Å²) in [6.07, 6.45) is 4.69. The summed E-state index contributed by atoms with van der Waals surface area (Å²) in [5, 5.41) is 20.0. The number of benzene rings is 3. The average Bonchev–Trinajstić information content (AvgIpc) is 3.35. The highest BCUT2D eigenvalue weighted by Gasteiger charge is 2.18. The third kappa shape index (κ3) is 5.71. The lowest BCUT2D eigenvalue weighted by Gasteiger charge is -2.09. The zero-order valence-corrected chi connectivity index (χ0v) is 21.2. The molecule has 0 bridgehead atoms. The molecule has 4 rings (SSSR count). The van der Waals surface area contributed by atoms with Gasteiger partial charge in [0, 0.05) is 22.3 Å². The molecule has 0 saturated heterocycles. The van der Waals surface area contributed by atoms with Crippen molar-refractivity contribution >= 4 is 0 Å². The minimum absolute atomic E-state index is 0.0698. The quantitative estimate of drug-likeness (QED) is 0.201. The molecule has 36 heavy (non-hydrogen) atoms. The van der Waals surface area contributed by atoms with Crippen molar-refractivity contribution in [2.75, 3.05) is 13.7 Å². The van der Waals surface area contributed by atoms with Crippen molar-refractivity contribution in [3.63, 3.8) is 0 Å². The number of aliphatic hydroxyl groups excluding tert-OH is 1. The Morgan fingerprint density at radius 1 is 0.889 bits per heavy atom. The van der Waals surface area contributed by atoms with Gasteiger partial charge in [-0.1, -0.05) is 56.0 Å². The molecule has 3 N–H and O–H groups in total. The van der Waals surface area contributed by atoms with Gasteiger partial charge in [0.2, 0.25) is 0 Å². The standard InChI is InChI=1S/C30H34N2O4/c1-4-5-6-7-16-36-25-14-12-22(13-15-25)28-27(21-10-8-20(2)9-11-21)31-30(32-28)23-17-24(19-33)29(34)26(18-23)35-3/h8-15,17-18,33-34H,4-7,16,19H2,1-3H3,(H,31,32). The number of aromatic amines is 1. The van der Waals surface area contributed by atoms with Crippen molar-refractivity contribution in [3.05, 3.63) is 71.8 Å². The fourth-order valence-electron chi connectivity index (χ4n) is 4.15. The van der Waals surface area contributed by atoms with Crippen LogP contribution in [0.5, 0.6) is 17.2 Å².